The van der Waals surface area contributed by atoms with Crippen LogP contribution in [0.3, 0.4) is 0 Å². The summed E-state index contributed by atoms with van der Waals surface area (Å²) in [4.78, 5) is 12.9. The molecule has 0 spiro atoms. The lowest BCUT2D eigenvalue weighted by Crippen LogP contribution is -2.41. The molecule has 0 fully saturated rings. The Morgan fingerprint density at radius 3 is 2.15 bits per heavy atom. The number of carbonyl (C=O) groups is 1. The molecule has 180 valence electrons. The van der Waals surface area contributed by atoms with Gasteiger partial charge in [0, 0.05) is 23.1 Å². The zero-order valence-electron chi connectivity index (χ0n) is 19.5. The number of hydrogen-bond acceptors (Lipinski definition) is 4. The van der Waals surface area contributed by atoms with E-state index >= 15 is 0 Å². The van der Waals surface area contributed by atoms with Crippen LogP contribution in [-0.2, 0) is 20.6 Å². The van der Waals surface area contributed by atoms with Gasteiger partial charge in [-0.05, 0) is 73.9 Å². The van der Waals surface area contributed by atoms with Gasteiger partial charge in [-0.15, -0.1) is 0 Å². The fourth-order valence-corrected chi connectivity index (χ4v) is 5.82. The second kappa shape index (κ2) is 11.8. The summed E-state index contributed by atoms with van der Waals surface area (Å²) in [6, 6.07) is 19.9. The van der Waals surface area contributed by atoms with E-state index in [2.05, 4.69) is 5.32 Å². The van der Waals surface area contributed by atoms with Crippen LogP contribution >= 0.6 is 23.4 Å². The average molecular weight is 517 g/mol. The fourth-order valence-electron chi connectivity index (χ4n) is 3.47. The quantitative estimate of drug-likeness (QED) is 0.361. The first-order valence-corrected chi connectivity index (χ1v) is 13.9. The Kier molecular flexibility index (Phi) is 9.05. The largest absolute Gasteiger partial charge is 0.354 e. The van der Waals surface area contributed by atoms with Gasteiger partial charge in [-0.1, -0.05) is 47.5 Å². The first-order chi connectivity index (χ1) is 16.1. The summed E-state index contributed by atoms with van der Waals surface area (Å²) in [5.41, 5.74) is 4.46. The molecule has 0 aliphatic rings. The molecule has 0 heterocycles. The number of thioether (sulfide) groups is 1. The van der Waals surface area contributed by atoms with Gasteiger partial charge in [0.15, 0.2) is 0 Å². The van der Waals surface area contributed by atoms with Crippen molar-refractivity contribution in [2.45, 2.75) is 31.4 Å². The minimum absolute atomic E-state index is 0.156. The highest BCUT2D eigenvalue weighted by Gasteiger charge is 2.27. The third-order valence-corrected chi connectivity index (χ3v) is 8.21. The second-order valence-corrected chi connectivity index (χ2v) is 11.6. The molecule has 34 heavy (non-hydrogen) atoms. The van der Waals surface area contributed by atoms with Gasteiger partial charge in [-0.2, -0.15) is 11.8 Å². The van der Waals surface area contributed by atoms with Gasteiger partial charge >= 0.3 is 0 Å². The maximum atomic E-state index is 13.5. The molecule has 0 atom stereocenters. The van der Waals surface area contributed by atoms with Gasteiger partial charge in [0.1, 0.15) is 6.54 Å². The van der Waals surface area contributed by atoms with Crippen molar-refractivity contribution in [1.82, 2.24) is 5.32 Å². The van der Waals surface area contributed by atoms with E-state index in [1.165, 1.54) is 4.31 Å². The van der Waals surface area contributed by atoms with E-state index in [4.69, 9.17) is 11.6 Å². The van der Waals surface area contributed by atoms with E-state index in [1.807, 2.05) is 51.1 Å². The summed E-state index contributed by atoms with van der Waals surface area (Å²) < 4.78 is 28.2. The van der Waals surface area contributed by atoms with Crippen molar-refractivity contribution in [3.05, 3.63) is 94.0 Å². The minimum Gasteiger partial charge on any atom is -0.354 e. The standard InChI is InChI=1S/C26H29ClN2O3S2/c1-19-4-10-25(11-5-19)34(31,32)29(24-15-20(2)14-21(3)16-24)17-26(30)28-12-13-33-18-22-6-8-23(27)9-7-22/h4-11,14-16H,12-13,17-18H2,1-3H3,(H,28,30). The number of rotatable bonds is 10. The molecule has 0 saturated carbocycles. The molecule has 0 aliphatic heterocycles. The summed E-state index contributed by atoms with van der Waals surface area (Å²) in [7, 11) is -3.92. The average Bonchev–Trinajstić information content (AvgIpc) is 2.78. The first-order valence-electron chi connectivity index (χ1n) is 10.9. The molecule has 1 N–H and O–H groups in total. The molecule has 3 aromatic rings. The van der Waals surface area contributed by atoms with Crippen LogP contribution in [0.1, 0.15) is 22.3 Å². The van der Waals surface area contributed by atoms with Gasteiger partial charge in [-0.3, -0.25) is 9.10 Å². The minimum atomic E-state index is -3.92. The van der Waals surface area contributed by atoms with Crippen molar-refractivity contribution in [2.75, 3.05) is 23.1 Å². The summed E-state index contributed by atoms with van der Waals surface area (Å²) in [5.74, 6) is 1.17. The summed E-state index contributed by atoms with van der Waals surface area (Å²) in [6.45, 7) is 5.87. The Labute approximate surface area is 211 Å². The van der Waals surface area contributed by atoms with Crippen molar-refractivity contribution in [2.24, 2.45) is 0 Å². The Bertz CT molecular complexity index is 1210. The molecular weight excluding hydrogens is 488 g/mol. The molecule has 0 saturated heterocycles. The molecule has 0 radical (unpaired) electrons. The van der Waals surface area contributed by atoms with Gasteiger partial charge in [-0.25, -0.2) is 8.42 Å². The number of carbonyl (C=O) groups excluding carboxylic acids is 1. The van der Waals surface area contributed by atoms with Crippen LogP contribution in [0.25, 0.3) is 0 Å². The number of benzene rings is 3. The van der Waals surface area contributed by atoms with E-state index < -0.39 is 10.0 Å². The number of anilines is 1. The molecule has 3 aromatic carbocycles. The van der Waals surface area contributed by atoms with Crippen molar-refractivity contribution in [3.8, 4) is 0 Å². The molecular formula is C26H29ClN2O3S2. The van der Waals surface area contributed by atoms with Crippen LogP contribution in [0.5, 0.6) is 0 Å². The monoisotopic (exact) mass is 516 g/mol. The van der Waals surface area contributed by atoms with Crippen LogP contribution in [-0.4, -0.2) is 33.2 Å². The molecule has 0 aromatic heterocycles. The predicted molar refractivity (Wildman–Crippen MR) is 142 cm³/mol. The van der Waals surface area contributed by atoms with Crippen LogP contribution in [0, 0.1) is 20.8 Å². The number of amides is 1. The van der Waals surface area contributed by atoms with E-state index in [-0.39, 0.29) is 17.3 Å². The maximum absolute atomic E-state index is 13.5. The lowest BCUT2D eigenvalue weighted by molar-refractivity contribution is -0.119. The normalized spacial score (nSPS) is 11.3. The van der Waals surface area contributed by atoms with E-state index in [0.717, 1.165) is 28.0 Å². The predicted octanol–water partition coefficient (Wildman–Crippen LogP) is 5.51. The van der Waals surface area contributed by atoms with Gasteiger partial charge in [0.25, 0.3) is 10.0 Å². The topological polar surface area (TPSA) is 66.5 Å². The molecule has 5 nitrogen and oxygen atoms in total. The van der Waals surface area contributed by atoms with E-state index in [1.54, 1.807) is 48.2 Å². The molecule has 0 unspecified atom stereocenters. The highest BCUT2D eigenvalue weighted by Crippen LogP contribution is 2.26. The summed E-state index contributed by atoms with van der Waals surface area (Å²) >= 11 is 7.60. The number of nitrogens with zero attached hydrogens (tertiary/aromatic N) is 1. The number of aryl methyl sites for hydroxylation is 3. The second-order valence-electron chi connectivity index (χ2n) is 8.20. The Morgan fingerprint density at radius 1 is 0.912 bits per heavy atom. The highest BCUT2D eigenvalue weighted by molar-refractivity contribution is 7.98. The summed E-state index contributed by atoms with van der Waals surface area (Å²) in [5, 5.41) is 3.56. The fraction of sp³-hybridized carbons (Fsp3) is 0.269. The van der Waals surface area contributed by atoms with Gasteiger partial charge in [0.05, 0.1) is 10.6 Å². The van der Waals surface area contributed by atoms with Crippen LogP contribution < -0.4 is 9.62 Å². The Balaban J connectivity index is 1.68. The summed E-state index contributed by atoms with van der Waals surface area (Å²) in [6.07, 6.45) is 0. The van der Waals surface area contributed by atoms with Crippen LogP contribution in [0.15, 0.2) is 71.6 Å². The lowest BCUT2D eigenvalue weighted by Gasteiger charge is -2.25. The van der Waals surface area contributed by atoms with E-state index in [9.17, 15) is 13.2 Å². The first kappa shape index (κ1) is 26.1. The van der Waals surface area contributed by atoms with Crippen molar-refractivity contribution >= 4 is 45.0 Å². The number of sulfonamides is 1. The highest BCUT2D eigenvalue weighted by atomic mass is 35.5. The van der Waals surface area contributed by atoms with Crippen molar-refractivity contribution in [1.29, 1.82) is 0 Å². The van der Waals surface area contributed by atoms with Crippen LogP contribution in [0.4, 0.5) is 5.69 Å². The molecule has 1 amide bonds. The van der Waals surface area contributed by atoms with Crippen molar-refractivity contribution in [3.63, 3.8) is 0 Å². The van der Waals surface area contributed by atoms with Gasteiger partial charge in [0.2, 0.25) is 5.91 Å². The molecule has 0 aliphatic carbocycles. The zero-order chi connectivity index (χ0) is 24.7. The van der Waals surface area contributed by atoms with Crippen molar-refractivity contribution < 1.29 is 13.2 Å². The smallest absolute Gasteiger partial charge is 0.264 e. The van der Waals surface area contributed by atoms with E-state index in [0.29, 0.717) is 23.0 Å². The third-order valence-electron chi connectivity index (χ3n) is 5.14. The van der Waals surface area contributed by atoms with Gasteiger partial charge < -0.3 is 5.32 Å². The van der Waals surface area contributed by atoms with Crippen LogP contribution in [0.2, 0.25) is 5.02 Å². The SMILES string of the molecule is Cc1ccc(S(=O)(=O)N(CC(=O)NCCSCc2ccc(Cl)cc2)c2cc(C)cc(C)c2)cc1. The zero-order valence-corrected chi connectivity index (χ0v) is 21.9. The molecule has 3 rings (SSSR count). The molecule has 0 bridgehead atoms. The maximum Gasteiger partial charge on any atom is 0.264 e. The molecule has 8 heteroatoms. The lowest BCUT2D eigenvalue weighted by atomic mass is 10.1. The Morgan fingerprint density at radius 2 is 1.53 bits per heavy atom. The number of nitrogens with one attached hydrogen (secondary N) is 1. The Hall–Kier alpha value is -2.48. The third kappa shape index (κ3) is 7.26. The number of halogens is 1. The number of hydrogen-bond donors (Lipinski definition) is 1.